The number of nitrogens with one attached hydrogen (secondary N) is 1. The number of hydrogen-bond acceptors (Lipinski definition) is 3. The van der Waals surface area contributed by atoms with Gasteiger partial charge in [0, 0.05) is 12.6 Å². The summed E-state index contributed by atoms with van der Waals surface area (Å²) >= 11 is 0. The van der Waals surface area contributed by atoms with Crippen molar-refractivity contribution in [1.82, 2.24) is 9.78 Å². The number of anilines is 2. The number of aromatic nitrogens is 2. The minimum atomic E-state index is 0.0250. The highest BCUT2D eigenvalue weighted by atomic mass is 16.2. The molecule has 0 spiro atoms. The van der Waals surface area contributed by atoms with Crippen molar-refractivity contribution in [3.63, 3.8) is 0 Å². The van der Waals surface area contributed by atoms with Crippen LogP contribution in [0.25, 0.3) is 0 Å². The Kier molecular flexibility index (Phi) is 2.59. The lowest BCUT2D eigenvalue weighted by Gasteiger charge is -2.38. The number of hydrogen-bond donors (Lipinski definition) is 1. The summed E-state index contributed by atoms with van der Waals surface area (Å²) in [5.41, 5.74) is 1.88. The van der Waals surface area contributed by atoms with Gasteiger partial charge in [-0.3, -0.25) is 4.79 Å². The molecule has 3 heterocycles. The number of rotatable bonds is 1. The van der Waals surface area contributed by atoms with Gasteiger partial charge in [-0.25, -0.2) is 4.68 Å². The van der Waals surface area contributed by atoms with Gasteiger partial charge >= 0.3 is 0 Å². The molecule has 3 atom stereocenters. The lowest BCUT2D eigenvalue weighted by Crippen LogP contribution is -2.48. The summed E-state index contributed by atoms with van der Waals surface area (Å²) in [4.78, 5) is 14.8. The molecule has 20 heavy (non-hydrogen) atoms. The maximum absolute atomic E-state index is 12.4. The van der Waals surface area contributed by atoms with E-state index >= 15 is 0 Å². The maximum atomic E-state index is 12.4. The predicted octanol–water partition coefficient (Wildman–Crippen LogP) is 2.30. The molecule has 1 saturated carbocycles. The van der Waals surface area contributed by atoms with E-state index < -0.39 is 0 Å². The Bertz CT molecular complexity index is 564. The van der Waals surface area contributed by atoms with Gasteiger partial charge in [0.15, 0.2) is 5.82 Å². The summed E-state index contributed by atoms with van der Waals surface area (Å²) in [5, 5.41) is 7.70. The van der Waals surface area contributed by atoms with E-state index in [-0.39, 0.29) is 11.9 Å². The van der Waals surface area contributed by atoms with Gasteiger partial charge in [-0.2, -0.15) is 5.10 Å². The molecule has 2 fully saturated rings. The van der Waals surface area contributed by atoms with Crippen LogP contribution in [0.3, 0.4) is 0 Å². The Labute approximate surface area is 119 Å². The highest BCUT2D eigenvalue weighted by Crippen LogP contribution is 2.47. The molecule has 1 aliphatic carbocycles. The third-order valence-electron chi connectivity index (χ3n) is 5.28. The number of nitrogens with zero attached hydrogens (tertiary/aromatic N) is 3. The SMILES string of the molecule is CCn1nc(C)c2c1N1C(CC3CCCCC31)C(=O)N2. The lowest BCUT2D eigenvalue weighted by atomic mass is 9.85. The van der Waals surface area contributed by atoms with E-state index in [0.717, 1.165) is 30.2 Å². The highest BCUT2D eigenvalue weighted by molar-refractivity contribution is 6.04. The maximum Gasteiger partial charge on any atom is 0.247 e. The van der Waals surface area contributed by atoms with Crippen molar-refractivity contribution in [2.45, 2.75) is 64.6 Å². The first-order valence-corrected chi connectivity index (χ1v) is 7.87. The standard InChI is InChI=1S/C15H22N4O/c1-3-18-15-13(9(2)17-18)16-14(20)12-8-10-6-4-5-7-11(10)19(12)15/h10-12H,3-8H2,1-2H3,(H,16,20). The Hall–Kier alpha value is -1.52. The molecular weight excluding hydrogens is 252 g/mol. The topological polar surface area (TPSA) is 50.2 Å². The summed E-state index contributed by atoms with van der Waals surface area (Å²) in [6, 6.07) is 0.567. The number of aryl methyl sites for hydroxylation is 2. The Balaban J connectivity index is 1.84. The quantitative estimate of drug-likeness (QED) is 0.855. The number of fused-ring (bicyclic) bond motifs is 5. The van der Waals surface area contributed by atoms with Crippen LogP contribution in [0.1, 0.15) is 44.7 Å². The molecule has 1 saturated heterocycles. The summed E-state index contributed by atoms with van der Waals surface area (Å²) in [5.74, 6) is 2.01. The van der Waals surface area contributed by atoms with E-state index in [9.17, 15) is 4.79 Å². The fourth-order valence-corrected chi connectivity index (χ4v) is 4.40. The number of carbonyl (C=O) groups is 1. The Morgan fingerprint density at radius 1 is 1.35 bits per heavy atom. The van der Waals surface area contributed by atoms with Crippen LogP contribution >= 0.6 is 0 Å². The monoisotopic (exact) mass is 274 g/mol. The normalized spacial score (nSPS) is 31.6. The molecule has 1 N–H and O–H groups in total. The van der Waals surface area contributed by atoms with Crippen molar-refractivity contribution in [3.05, 3.63) is 5.69 Å². The molecule has 3 unspecified atom stereocenters. The summed E-state index contributed by atoms with van der Waals surface area (Å²) in [6.07, 6.45) is 6.13. The fraction of sp³-hybridized carbons (Fsp3) is 0.733. The second-order valence-electron chi connectivity index (χ2n) is 6.36. The van der Waals surface area contributed by atoms with E-state index in [4.69, 9.17) is 0 Å². The minimum absolute atomic E-state index is 0.0250. The molecule has 5 heteroatoms. The van der Waals surface area contributed by atoms with Crippen LogP contribution in [-0.4, -0.2) is 27.8 Å². The van der Waals surface area contributed by atoms with E-state index in [1.165, 1.54) is 25.7 Å². The Morgan fingerprint density at radius 2 is 2.15 bits per heavy atom. The average molecular weight is 274 g/mol. The van der Waals surface area contributed by atoms with E-state index in [0.29, 0.717) is 12.0 Å². The third kappa shape index (κ3) is 1.49. The zero-order chi connectivity index (χ0) is 13.9. The second-order valence-corrected chi connectivity index (χ2v) is 6.36. The highest BCUT2D eigenvalue weighted by Gasteiger charge is 2.49. The summed E-state index contributed by atoms with van der Waals surface area (Å²) in [6.45, 7) is 4.96. The fourth-order valence-electron chi connectivity index (χ4n) is 4.40. The molecule has 4 rings (SSSR count). The van der Waals surface area contributed by atoms with Crippen molar-refractivity contribution in [2.75, 3.05) is 10.2 Å². The van der Waals surface area contributed by atoms with E-state index in [1.54, 1.807) is 0 Å². The number of carbonyl (C=O) groups excluding carboxylic acids is 1. The molecular formula is C15H22N4O. The lowest BCUT2D eigenvalue weighted by molar-refractivity contribution is -0.117. The van der Waals surface area contributed by atoms with Gasteiger partial charge in [0.2, 0.25) is 5.91 Å². The van der Waals surface area contributed by atoms with Gasteiger partial charge in [0.1, 0.15) is 11.7 Å². The summed E-state index contributed by atoms with van der Waals surface area (Å²) in [7, 11) is 0. The molecule has 2 aliphatic heterocycles. The molecule has 1 aromatic heterocycles. The van der Waals surface area contributed by atoms with Crippen LogP contribution < -0.4 is 10.2 Å². The van der Waals surface area contributed by atoms with Crippen LogP contribution in [0.4, 0.5) is 11.5 Å². The molecule has 1 aromatic rings. The van der Waals surface area contributed by atoms with Gasteiger partial charge < -0.3 is 10.2 Å². The van der Waals surface area contributed by atoms with Crippen molar-refractivity contribution in [2.24, 2.45) is 5.92 Å². The third-order valence-corrected chi connectivity index (χ3v) is 5.28. The van der Waals surface area contributed by atoms with Crippen LogP contribution in [0.15, 0.2) is 0 Å². The van der Waals surface area contributed by atoms with Crippen LogP contribution in [-0.2, 0) is 11.3 Å². The van der Waals surface area contributed by atoms with Crippen molar-refractivity contribution in [1.29, 1.82) is 0 Å². The molecule has 5 nitrogen and oxygen atoms in total. The van der Waals surface area contributed by atoms with Gasteiger partial charge in [-0.05, 0) is 39.0 Å². The summed E-state index contributed by atoms with van der Waals surface area (Å²) < 4.78 is 2.06. The molecule has 3 aliphatic rings. The van der Waals surface area contributed by atoms with Crippen molar-refractivity contribution < 1.29 is 4.79 Å². The van der Waals surface area contributed by atoms with E-state index in [1.807, 2.05) is 6.92 Å². The van der Waals surface area contributed by atoms with Crippen molar-refractivity contribution >= 4 is 17.4 Å². The van der Waals surface area contributed by atoms with Crippen molar-refractivity contribution in [3.8, 4) is 0 Å². The zero-order valence-corrected chi connectivity index (χ0v) is 12.2. The van der Waals surface area contributed by atoms with Gasteiger partial charge in [-0.15, -0.1) is 0 Å². The predicted molar refractivity (Wildman–Crippen MR) is 77.9 cm³/mol. The molecule has 1 amide bonds. The molecule has 0 aromatic carbocycles. The number of amides is 1. The van der Waals surface area contributed by atoms with E-state index in [2.05, 4.69) is 26.9 Å². The van der Waals surface area contributed by atoms with Crippen LogP contribution in [0.2, 0.25) is 0 Å². The average Bonchev–Trinajstić information content (AvgIpc) is 2.98. The van der Waals surface area contributed by atoms with Crippen LogP contribution in [0, 0.1) is 12.8 Å². The Morgan fingerprint density at radius 3 is 2.95 bits per heavy atom. The van der Waals surface area contributed by atoms with Crippen LogP contribution in [0.5, 0.6) is 0 Å². The molecule has 108 valence electrons. The first-order valence-electron chi connectivity index (χ1n) is 7.87. The smallest absolute Gasteiger partial charge is 0.247 e. The minimum Gasteiger partial charge on any atom is -0.340 e. The zero-order valence-electron chi connectivity index (χ0n) is 12.2. The second kappa shape index (κ2) is 4.24. The first-order chi connectivity index (χ1) is 9.70. The molecule has 0 radical (unpaired) electrons. The van der Waals surface area contributed by atoms with Gasteiger partial charge in [0.05, 0.1) is 5.69 Å². The van der Waals surface area contributed by atoms with Gasteiger partial charge in [0.25, 0.3) is 0 Å². The molecule has 0 bridgehead atoms. The largest absolute Gasteiger partial charge is 0.340 e. The first kappa shape index (κ1) is 12.2. The van der Waals surface area contributed by atoms with Gasteiger partial charge in [-0.1, -0.05) is 12.8 Å².